The minimum Gasteiger partial charge on any atom is -0.497 e. The molecule has 186 valence electrons. The van der Waals surface area contributed by atoms with Crippen LogP contribution in [0, 0.1) is 11.6 Å². The third-order valence-corrected chi connectivity index (χ3v) is 5.80. The van der Waals surface area contributed by atoms with Gasteiger partial charge in [0.15, 0.2) is 11.6 Å². The van der Waals surface area contributed by atoms with Gasteiger partial charge in [-0.15, -0.1) is 6.58 Å². The lowest BCUT2D eigenvalue weighted by atomic mass is 9.82. The van der Waals surface area contributed by atoms with E-state index >= 15 is 0 Å². The fourth-order valence-corrected chi connectivity index (χ4v) is 3.83. The smallest absolute Gasteiger partial charge is 0.166 e. The molecule has 2 aromatic rings. The molecule has 0 amide bonds. The lowest BCUT2D eigenvalue weighted by molar-refractivity contribution is 0.122. The van der Waals surface area contributed by atoms with Crippen LogP contribution < -0.4 is 0 Å². The normalized spacial score (nSPS) is 17.9. The second kappa shape index (κ2) is 13.5. The van der Waals surface area contributed by atoms with Crippen molar-refractivity contribution in [2.24, 2.45) is 0 Å². The van der Waals surface area contributed by atoms with Crippen LogP contribution in [-0.2, 0) is 4.74 Å². The van der Waals surface area contributed by atoms with Crippen molar-refractivity contribution in [3.63, 3.8) is 0 Å². The molecule has 2 nitrogen and oxygen atoms in total. The Hall–Kier alpha value is -3.31. The first-order valence-electron chi connectivity index (χ1n) is 11.5. The maximum absolute atomic E-state index is 14.8. The van der Waals surface area contributed by atoms with E-state index in [4.69, 9.17) is 4.74 Å². The number of methoxy groups -OCH3 is 1. The predicted octanol–water partition coefficient (Wildman–Crippen LogP) is 8.43. The second-order valence-electron chi connectivity index (χ2n) is 8.39. The van der Waals surface area contributed by atoms with Crippen LogP contribution in [0.2, 0.25) is 0 Å². The number of aliphatic hydroxyl groups is 1. The molecule has 0 spiro atoms. The van der Waals surface area contributed by atoms with Gasteiger partial charge in [-0.25, -0.2) is 13.2 Å². The second-order valence-corrected chi connectivity index (χ2v) is 8.39. The van der Waals surface area contributed by atoms with Gasteiger partial charge in [0.25, 0.3) is 0 Å². The Morgan fingerprint density at radius 2 is 1.60 bits per heavy atom. The van der Waals surface area contributed by atoms with Gasteiger partial charge in [0.05, 0.1) is 13.2 Å². The molecule has 1 saturated carbocycles. The molecule has 0 unspecified atom stereocenters. The Bertz CT molecular complexity index is 1090. The molecule has 2 aromatic carbocycles. The molecule has 0 radical (unpaired) electrons. The van der Waals surface area contributed by atoms with Crippen LogP contribution in [0.1, 0.15) is 49.7 Å². The number of rotatable bonds is 7. The highest BCUT2D eigenvalue weighted by Gasteiger charge is 2.25. The molecule has 0 bridgehead atoms. The van der Waals surface area contributed by atoms with E-state index in [1.807, 2.05) is 6.92 Å². The molecule has 0 saturated heterocycles. The van der Waals surface area contributed by atoms with E-state index in [0.29, 0.717) is 36.8 Å². The molecule has 0 aromatic heterocycles. The zero-order valence-electron chi connectivity index (χ0n) is 20.4. The Morgan fingerprint density at radius 1 is 1.00 bits per heavy atom. The van der Waals surface area contributed by atoms with Gasteiger partial charge in [-0.1, -0.05) is 67.8 Å². The van der Waals surface area contributed by atoms with Crippen LogP contribution in [0.5, 0.6) is 0 Å². The molecule has 1 N–H and O–H groups in total. The average molecular weight is 483 g/mol. The van der Waals surface area contributed by atoms with E-state index in [9.17, 15) is 18.3 Å². The number of halogens is 3. The van der Waals surface area contributed by atoms with Crippen LogP contribution in [-0.4, -0.2) is 18.3 Å². The summed E-state index contributed by atoms with van der Waals surface area (Å²) in [6.07, 6.45) is 8.25. The van der Waals surface area contributed by atoms with Gasteiger partial charge in [-0.3, -0.25) is 0 Å². The van der Waals surface area contributed by atoms with E-state index in [1.54, 1.807) is 48.6 Å². The predicted molar refractivity (Wildman–Crippen MR) is 138 cm³/mol. The highest BCUT2D eigenvalue weighted by molar-refractivity contribution is 5.67. The van der Waals surface area contributed by atoms with E-state index in [2.05, 4.69) is 19.7 Å². The van der Waals surface area contributed by atoms with Crippen molar-refractivity contribution < 1.29 is 23.0 Å². The van der Waals surface area contributed by atoms with E-state index < -0.39 is 17.5 Å². The van der Waals surface area contributed by atoms with Crippen LogP contribution in [0.15, 0.2) is 91.5 Å². The summed E-state index contributed by atoms with van der Waals surface area (Å²) in [7, 11) is 1.40. The zero-order valence-corrected chi connectivity index (χ0v) is 20.4. The van der Waals surface area contributed by atoms with Crippen molar-refractivity contribution in [1.29, 1.82) is 0 Å². The third-order valence-electron chi connectivity index (χ3n) is 5.80. The summed E-state index contributed by atoms with van der Waals surface area (Å²) in [5, 5.41) is 9.65. The molecular formula is C30H33F3O2. The molecule has 0 heterocycles. The summed E-state index contributed by atoms with van der Waals surface area (Å²) in [6, 6.07) is 10.1. The minimum absolute atomic E-state index is 0.0712. The SMILES string of the molecule is C=C(/C=C(/F)C(=C)/C=C/c1ccc(-c2ccc(C3CCC(O)CC3)c(F)c2F)cc1)OC.C=CC. The third kappa shape index (κ3) is 7.86. The number of benzene rings is 2. The number of allylic oxidation sites excluding steroid dienone is 5. The Labute approximate surface area is 206 Å². The molecule has 5 heteroatoms. The van der Waals surface area contributed by atoms with Crippen molar-refractivity contribution in [3.05, 3.63) is 114 Å². The van der Waals surface area contributed by atoms with Crippen molar-refractivity contribution in [2.45, 2.75) is 44.6 Å². The monoisotopic (exact) mass is 482 g/mol. The number of aliphatic hydroxyl groups excluding tert-OH is 1. The quantitative estimate of drug-likeness (QED) is 0.244. The highest BCUT2D eigenvalue weighted by Crippen LogP contribution is 2.37. The summed E-state index contributed by atoms with van der Waals surface area (Å²) >= 11 is 0. The number of ether oxygens (including phenoxy) is 1. The van der Waals surface area contributed by atoms with Crippen LogP contribution in [0.25, 0.3) is 17.2 Å². The van der Waals surface area contributed by atoms with Crippen molar-refractivity contribution in [3.8, 4) is 11.1 Å². The first-order valence-corrected chi connectivity index (χ1v) is 11.5. The lowest BCUT2D eigenvalue weighted by Crippen LogP contribution is -2.18. The number of hydrogen-bond acceptors (Lipinski definition) is 2. The van der Waals surface area contributed by atoms with Gasteiger partial charge in [0.2, 0.25) is 0 Å². The summed E-state index contributed by atoms with van der Waals surface area (Å²) in [4.78, 5) is 0. The van der Waals surface area contributed by atoms with Crippen LogP contribution in [0.4, 0.5) is 13.2 Å². The topological polar surface area (TPSA) is 29.5 Å². The zero-order chi connectivity index (χ0) is 26.0. The average Bonchev–Trinajstić information content (AvgIpc) is 2.85. The molecule has 1 fully saturated rings. The summed E-state index contributed by atoms with van der Waals surface area (Å²) in [6.45, 7) is 12.4. The highest BCUT2D eigenvalue weighted by atomic mass is 19.2. The Morgan fingerprint density at radius 3 is 2.17 bits per heavy atom. The maximum Gasteiger partial charge on any atom is 0.166 e. The van der Waals surface area contributed by atoms with E-state index in [1.165, 1.54) is 13.2 Å². The van der Waals surface area contributed by atoms with Gasteiger partial charge < -0.3 is 9.84 Å². The first-order chi connectivity index (χ1) is 16.7. The molecule has 1 aliphatic carbocycles. The molecule has 35 heavy (non-hydrogen) atoms. The largest absolute Gasteiger partial charge is 0.497 e. The van der Waals surface area contributed by atoms with Crippen molar-refractivity contribution in [2.75, 3.05) is 7.11 Å². The fraction of sp³-hybridized carbons (Fsp3) is 0.267. The van der Waals surface area contributed by atoms with Gasteiger partial charge in [0.1, 0.15) is 11.6 Å². The van der Waals surface area contributed by atoms with E-state index in [0.717, 1.165) is 11.6 Å². The molecular weight excluding hydrogens is 449 g/mol. The lowest BCUT2D eigenvalue weighted by Gasteiger charge is -2.26. The van der Waals surface area contributed by atoms with Gasteiger partial charge in [0, 0.05) is 17.2 Å². The Balaban J connectivity index is 0.00000137. The maximum atomic E-state index is 14.8. The molecule has 3 rings (SSSR count). The standard InChI is InChI=1S/C27H27F3O2.C3H6/c1-17(25(28)16-18(2)32-3)4-5-19-6-8-20(9-7-19)23-14-15-24(27(30)26(23)29)21-10-12-22(31)13-11-21;1-3-2/h4-9,14-16,21-22,31H,1-2,10-13H2,3H3;3H,1H2,2H3/b5-4+,25-16+;. The van der Waals surface area contributed by atoms with Crippen LogP contribution in [0.3, 0.4) is 0 Å². The van der Waals surface area contributed by atoms with Crippen LogP contribution >= 0.6 is 0 Å². The summed E-state index contributed by atoms with van der Waals surface area (Å²) < 4.78 is 48.4. The van der Waals surface area contributed by atoms with Gasteiger partial charge in [-0.2, -0.15) is 0 Å². The first kappa shape index (κ1) is 27.9. The van der Waals surface area contributed by atoms with Crippen molar-refractivity contribution >= 4 is 6.08 Å². The van der Waals surface area contributed by atoms with Gasteiger partial charge in [-0.05, 0) is 55.2 Å². The minimum atomic E-state index is -0.865. The van der Waals surface area contributed by atoms with E-state index in [-0.39, 0.29) is 28.9 Å². The molecule has 0 atom stereocenters. The summed E-state index contributed by atoms with van der Waals surface area (Å²) in [5.74, 6) is -2.13. The fourth-order valence-electron chi connectivity index (χ4n) is 3.83. The van der Waals surface area contributed by atoms with Gasteiger partial charge >= 0.3 is 0 Å². The summed E-state index contributed by atoms with van der Waals surface area (Å²) in [5.41, 5.74) is 2.03. The molecule has 0 aliphatic heterocycles. The molecule has 1 aliphatic rings. The number of hydrogen-bond donors (Lipinski definition) is 1. The van der Waals surface area contributed by atoms with Crippen molar-refractivity contribution in [1.82, 2.24) is 0 Å². The Kier molecular flexibility index (Phi) is 10.8.